The molecule has 1 aliphatic heterocycles. The number of aliphatic hydroxyl groups is 1. The molecule has 0 spiro atoms. The molecular formula is C17H24N4O. The van der Waals surface area contributed by atoms with Crippen molar-refractivity contribution >= 4 is 0 Å². The molecule has 2 heterocycles. The van der Waals surface area contributed by atoms with Crippen LogP contribution in [0.2, 0.25) is 0 Å². The lowest BCUT2D eigenvalue weighted by atomic mass is 10.1. The second kappa shape index (κ2) is 6.58. The molecule has 0 radical (unpaired) electrons. The number of β-amino-alcohol motifs (C(OH)–C–C–N with tert-alkyl or cyclic N) is 1. The number of likely N-dealkylation sites (tertiary alicyclic amines) is 1. The fourth-order valence-electron chi connectivity index (χ4n) is 3.28. The van der Waals surface area contributed by atoms with Crippen LogP contribution in [0.3, 0.4) is 0 Å². The van der Waals surface area contributed by atoms with Gasteiger partial charge in [0.2, 0.25) is 0 Å². The highest BCUT2D eigenvalue weighted by atomic mass is 16.3. The first kappa shape index (κ1) is 15.2. The van der Waals surface area contributed by atoms with E-state index in [1.807, 2.05) is 48.9 Å². The van der Waals surface area contributed by atoms with Gasteiger partial charge in [0.05, 0.1) is 12.6 Å². The van der Waals surface area contributed by atoms with E-state index < -0.39 is 6.10 Å². The van der Waals surface area contributed by atoms with Crippen LogP contribution < -0.4 is 0 Å². The Hall–Kier alpha value is -1.72. The van der Waals surface area contributed by atoms with E-state index in [1.54, 1.807) is 0 Å². The van der Waals surface area contributed by atoms with Crippen molar-refractivity contribution in [2.75, 3.05) is 13.1 Å². The van der Waals surface area contributed by atoms with E-state index in [0.717, 1.165) is 36.7 Å². The third kappa shape index (κ3) is 3.36. The van der Waals surface area contributed by atoms with Crippen molar-refractivity contribution < 1.29 is 5.11 Å². The van der Waals surface area contributed by atoms with Crippen LogP contribution in [0.15, 0.2) is 30.3 Å². The molecule has 118 valence electrons. The zero-order valence-electron chi connectivity index (χ0n) is 13.3. The summed E-state index contributed by atoms with van der Waals surface area (Å²) in [6.07, 6.45) is 1.90. The number of aromatic nitrogens is 3. The molecule has 3 rings (SSSR count). The van der Waals surface area contributed by atoms with Gasteiger partial charge in [0, 0.05) is 12.6 Å². The van der Waals surface area contributed by atoms with Gasteiger partial charge < -0.3 is 5.11 Å². The molecule has 1 fully saturated rings. The van der Waals surface area contributed by atoms with Crippen LogP contribution in [-0.2, 0) is 6.54 Å². The highest BCUT2D eigenvalue weighted by molar-refractivity contribution is 5.17. The Morgan fingerprint density at radius 3 is 2.73 bits per heavy atom. The average molecular weight is 300 g/mol. The van der Waals surface area contributed by atoms with Crippen molar-refractivity contribution in [3.05, 3.63) is 47.5 Å². The van der Waals surface area contributed by atoms with Gasteiger partial charge in [-0.25, -0.2) is 9.67 Å². The first-order valence-corrected chi connectivity index (χ1v) is 7.98. The maximum atomic E-state index is 10.4. The van der Waals surface area contributed by atoms with Crippen LogP contribution in [0.5, 0.6) is 0 Å². The van der Waals surface area contributed by atoms with E-state index in [4.69, 9.17) is 0 Å². The summed E-state index contributed by atoms with van der Waals surface area (Å²) in [6, 6.07) is 10.3. The molecule has 22 heavy (non-hydrogen) atoms. The van der Waals surface area contributed by atoms with Crippen molar-refractivity contribution in [2.24, 2.45) is 0 Å². The monoisotopic (exact) mass is 300 g/mol. The number of hydrogen-bond acceptors (Lipinski definition) is 4. The maximum Gasteiger partial charge on any atom is 0.147 e. The Balaban J connectivity index is 1.64. The van der Waals surface area contributed by atoms with Crippen LogP contribution in [0, 0.1) is 13.8 Å². The minimum Gasteiger partial charge on any atom is -0.387 e. The van der Waals surface area contributed by atoms with Crippen LogP contribution >= 0.6 is 0 Å². The summed E-state index contributed by atoms with van der Waals surface area (Å²) in [5.74, 6) is 1.79. The molecule has 0 amide bonds. The molecular weight excluding hydrogens is 276 g/mol. The summed E-state index contributed by atoms with van der Waals surface area (Å²) in [4.78, 5) is 6.75. The molecule has 0 aliphatic carbocycles. The Labute approximate surface area is 131 Å². The zero-order chi connectivity index (χ0) is 15.5. The first-order chi connectivity index (χ1) is 10.6. The Kier molecular flexibility index (Phi) is 4.55. The van der Waals surface area contributed by atoms with Crippen LogP contribution in [0.25, 0.3) is 0 Å². The van der Waals surface area contributed by atoms with Crippen molar-refractivity contribution in [1.29, 1.82) is 0 Å². The van der Waals surface area contributed by atoms with Gasteiger partial charge in [0.15, 0.2) is 0 Å². The molecule has 2 atom stereocenters. The lowest BCUT2D eigenvalue weighted by Crippen LogP contribution is -2.36. The summed E-state index contributed by atoms with van der Waals surface area (Å²) >= 11 is 0. The molecule has 1 aromatic heterocycles. The second-order valence-electron chi connectivity index (χ2n) is 6.11. The van der Waals surface area contributed by atoms with Crippen molar-refractivity contribution in [3.8, 4) is 0 Å². The summed E-state index contributed by atoms with van der Waals surface area (Å²) in [5.41, 5.74) is 0.987. The van der Waals surface area contributed by atoms with Gasteiger partial charge >= 0.3 is 0 Å². The number of rotatable bonds is 5. The molecule has 0 bridgehead atoms. The minimum atomic E-state index is -0.430. The summed E-state index contributed by atoms with van der Waals surface area (Å²) in [6.45, 7) is 6.50. The molecule has 5 nitrogen and oxygen atoms in total. The molecule has 1 aromatic carbocycles. The highest BCUT2D eigenvalue weighted by Gasteiger charge is 2.27. The lowest BCUT2D eigenvalue weighted by molar-refractivity contribution is 0.100. The Bertz CT molecular complexity index is 610. The van der Waals surface area contributed by atoms with Gasteiger partial charge in [-0.15, -0.1) is 0 Å². The van der Waals surface area contributed by atoms with E-state index in [2.05, 4.69) is 15.0 Å². The number of aryl methyl sites for hydroxylation is 2. The molecule has 1 saturated heterocycles. The minimum absolute atomic E-state index is 0.429. The van der Waals surface area contributed by atoms with Crippen LogP contribution in [-0.4, -0.2) is 43.9 Å². The average Bonchev–Trinajstić information content (AvgIpc) is 3.07. The summed E-state index contributed by atoms with van der Waals surface area (Å²) < 4.78 is 1.99. The van der Waals surface area contributed by atoms with Crippen molar-refractivity contribution in [2.45, 2.75) is 45.4 Å². The Morgan fingerprint density at radius 2 is 2.05 bits per heavy atom. The van der Waals surface area contributed by atoms with Gasteiger partial charge in [-0.1, -0.05) is 30.3 Å². The SMILES string of the molecule is Cc1nc(C)n(CC2CCCN2CC(O)c2ccccc2)n1. The Morgan fingerprint density at radius 1 is 1.27 bits per heavy atom. The fourth-order valence-corrected chi connectivity index (χ4v) is 3.28. The third-order valence-electron chi connectivity index (χ3n) is 4.44. The molecule has 5 heteroatoms. The van der Waals surface area contributed by atoms with Gasteiger partial charge in [-0.3, -0.25) is 4.90 Å². The molecule has 1 aliphatic rings. The predicted molar refractivity (Wildman–Crippen MR) is 85.5 cm³/mol. The van der Waals surface area contributed by atoms with Gasteiger partial charge in [-0.05, 0) is 38.8 Å². The maximum absolute atomic E-state index is 10.4. The number of hydrogen-bond donors (Lipinski definition) is 1. The topological polar surface area (TPSA) is 54.2 Å². The smallest absolute Gasteiger partial charge is 0.147 e. The normalized spacial score (nSPS) is 20.4. The quantitative estimate of drug-likeness (QED) is 0.918. The van der Waals surface area contributed by atoms with E-state index in [-0.39, 0.29) is 0 Å². The molecule has 2 aromatic rings. The molecule has 2 unspecified atom stereocenters. The van der Waals surface area contributed by atoms with E-state index >= 15 is 0 Å². The summed E-state index contributed by atoms with van der Waals surface area (Å²) in [7, 11) is 0. The second-order valence-corrected chi connectivity index (χ2v) is 6.11. The van der Waals surface area contributed by atoms with Crippen molar-refractivity contribution in [3.63, 3.8) is 0 Å². The third-order valence-corrected chi connectivity index (χ3v) is 4.44. The van der Waals surface area contributed by atoms with Gasteiger partial charge in [0.25, 0.3) is 0 Å². The van der Waals surface area contributed by atoms with E-state index in [1.165, 1.54) is 6.42 Å². The van der Waals surface area contributed by atoms with Crippen LogP contribution in [0.1, 0.15) is 36.2 Å². The van der Waals surface area contributed by atoms with Gasteiger partial charge in [-0.2, -0.15) is 5.10 Å². The highest BCUT2D eigenvalue weighted by Crippen LogP contribution is 2.23. The van der Waals surface area contributed by atoms with Gasteiger partial charge in [0.1, 0.15) is 11.6 Å². The summed E-state index contributed by atoms with van der Waals surface area (Å²) in [5, 5.41) is 14.9. The molecule has 0 saturated carbocycles. The standard InChI is InChI=1S/C17H24N4O/c1-13-18-14(2)21(19-13)11-16-9-6-10-20(16)12-17(22)15-7-4-3-5-8-15/h3-5,7-8,16-17,22H,6,9-12H2,1-2H3. The van der Waals surface area contributed by atoms with Crippen molar-refractivity contribution in [1.82, 2.24) is 19.7 Å². The lowest BCUT2D eigenvalue weighted by Gasteiger charge is -2.27. The van der Waals surface area contributed by atoms with E-state index in [0.29, 0.717) is 12.6 Å². The van der Waals surface area contributed by atoms with Crippen LogP contribution in [0.4, 0.5) is 0 Å². The number of aliphatic hydroxyl groups excluding tert-OH is 1. The molecule has 1 N–H and O–H groups in total. The number of nitrogens with zero attached hydrogens (tertiary/aromatic N) is 4. The first-order valence-electron chi connectivity index (χ1n) is 7.98. The fraction of sp³-hybridized carbons (Fsp3) is 0.529. The zero-order valence-corrected chi connectivity index (χ0v) is 13.3. The number of benzene rings is 1. The van der Waals surface area contributed by atoms with E-state index in [9.17, 15) is 5.11 Å². The largest absolute Gasteiger partial charge is 0.387 e. The predicted octanol–water partition coefficient (Wildman–Crippen LogP) is 2.09.